The van der Waals surface area contributed by atoms with Gasteiger partial charge in [0.25, 0.3) is 0 Å². The molecule has 4 heteroatoms. The monoisotopic (exact) mass is 242 g/mol. The summed E-state index contributed by atoms with van der Waals surface area (Å²) in [6.45, 7) is 4.25. The molecule has 0 fully saturated rings. The number of benzene rings is 1. The summed E-state index contributed by atoms with van der Waals surface area (Å²) in [6.07, 6.45) is 1.15. The van der Waals surface area contributed by atoms with E-state index in [1.165, 1.54) is 0 Å². The average Bonchev–Trinajstić information content (AvgIpc) is 2.34. The van der Waals surface area contributed by atoms with Crippen LogP contribution >= 0.6 is 0 Å². The number of fused-ring (bicyclic) bond motifs is 1. The molecule has 0 radical (unpaired) electrons. The van der Waals surface area contributed by atoms with Crippen molar-refractivity contribution in [3.05, 3.63) is 29.3 Å². The van der Waals surface area contributed by atoms with Gasteiger partial charge in [0.1, 0.15) is 12.4 Å². The lowest BCUT2D eigenvalue weighted by Gasteiger charge is -2.28. The zero-order valence-electron chi connectivity index (χ0n) is 10.0. The highest BCUT2D eigenvalue weighted by molar-refractivity contribution is 5.38. The maximum absolute atomic E-state index is 13.5. The summed E-state index contributed by atoms with van der Waals surface area (Å²) in [7, 11) is 0. The normalized spacial score (nSPS) is 20.6. The minimum Gasteiger partial charge on any atom is -0.487 e. The van der Waals surface area contributed by atoms with Crippen LogP contribution in [0.1, 0.15) is 25.8 Å². The molecule has 0 saturated heterocycles. The average molecular weight is 242 g/mol. The predicted molar refractivity (Wildman–Crippen MR) is 60.2 cm³/mol. The minimum atomic E-state index is -0.511. The number of halogens is 2. The third-order valence-electron chi connectivity index (χ3n) is 3.00. The van der Waals surface area contributed by atoms with E-state index in [4.69, 9.17) is 9.47 Å². The third kappa shape index (κ3) is 2.57. The Labute approximate surface area is 99.5 Å². The van der Waals surface area contributed by atoms with Crippen molar-refractivity contribution >= 4 is 0 Å². The standard InChI is InChI=1S/C13H16F2O2/c1-3-8(2)17-9-6-10-11(14)4-5-12(15)13(10)16-7-9/h4-5,8-9H,3,6-7H2,1-2H3/t8-,9+/m1/s1. The fourth-order valence-electron chi connectivity index (χ4n) is 1.90. The number of hydrogen-bond donors (Lipinski definition) is 0. The number of rotatable bonds is 3. The molecule has 94 valence electrons. The molecule has 0 amide bonds. The molecule has 1 aromatic rings. The van der Waals surface area contributed by atoms with Gasteiger partial charge in [-0.1, -0.05) is 6.92 Å². The molecule has 0 aliphatic carbocycles. The third-order valence-corrected chi connectivity index (χ3v) is 3.00. The van der Waals surface area contributed by atoms with Gasteiger partial charge in [-0.15, -0.1) is 0 Å². The molecular weight excluding hydrogens is 226 g/mol. The molecular formula is C13H16F2O2. The van der Waals surface area contributed by atoms with Crippen LogP contribution in [-0.4, -0.2) is 18.8 Å². The van der Waals surface area contributed by atoms with Gasteiger partial charge in [0, 0.05) is 12.0 Å². The van der Waals surface area contributed by atoms with E-state index in [2.05, 4.69) is 0 Å². The first-order chi connectivity index (χ1) is 8.11. The van der Waals surface area contributed by atoms with Gasteiger partial charge >= 0.3 is 0 Å². The Bertz CT molecular complexity index is 407. The van der Waals surface area contributed by atoms with Crippen LogP contribution in [0.4, 0.5) is 8.78 Å². The molecule has 2 atom stereocenters. The van der Waals surface area contributed by atoms with E-state index >= 15 is 0 Å². The summed E-state index contributed by atoms with van der Waals surface area (Å²) in [4.78, 5) is 0. The van der Waals surface area contributed by atoms with Gasteiger partial charge in [-0.3, -0.25) is 0 Å². The smallest absolute Gasteiger partial charge is 0.165 e. The van der Waals surface area contributed by atoms with Crippen molar-refractivity contribution in [2.75, 3.05) is 6.61 Å². The van der Waals surface area contributed by atoms with Crippen LogP contribution in [0, 0.1) is 11.6 Å². The Kier molecular flexibility index (Phi) is 3.62. The summed E-state index contributed by atoms with van der Waals surface area (Å²) in [5, 5.41) is 0. The highest BCUT2D eigenvalue weighted by atomic mass is 19.1. The highest BCUT2D eigenvalue weighted by Crippen LogP contribution is 2.31. The van der Waals surface area contributed by atoms with E-state index in [0.29, 0.717) is 6.42 Å². The SMILES string of the molecule is CC[C@@H](C)O[C@@H]1COc2c(F)ccc(F)c2C1. The van der Waals surface area contributed by atoms with Crippen LogP contribution in [0.3, 0.4) is 0 Å². The number of hydrogen-bond acceptors (Lipinski definition) is 2. The molecule has 0 unspecified atom stereocenters. The first kappa shape index (κ1) is 12.3. The van der Waals surface area contributed by atoms with Crippen LogP contribution in [0.25, 0.3) is 0 Å². The van der Waals surface area contributed by atoms with Gasteiger partial charge in [0.05, 0.1) is 12.2 Å². The molecule has 0 N–H and O–H groups in total. The van der Waals surface area contributed by atoms with Gasteiger partial charge < -0.3 is 9.47 Å². The van der Waals surface area contributed by atoms with Crippen molar-refractivity contribution < 1.29 is 18.3 Å². The lowest BCUT2D eigenvalue weighted by atomic mass is 10.0. The molecule has 1 aliphatic rings. The van der Waals surface area contributed by atoms with Gasteiger partial charge in [0.15, 0.2) is 11.6 Å². The van der Waals surface area contributed by atoms with E-state index in [9.17, 15) is 8.78 Å². The van der Waals surface area contributed by atoms with Crippen LogP contribution in [0.5, 0.6) is 5.75 Å². The topological polar surface area (TPSA) is 18.5 Å². The summed E-state index contributed by atoms with van der Waals surface area (Å²) in [6, 6.07) is 2.22. The van der Waals surface area contributed by atoms with Crippen molar-refractivity contribution in [2.45, 2.75) is 38.9 Å². The van der Waals surface area contributed by atoms with Crippen molar-refractivity contribution in [3.8, 4) is 5.75 Å². The van der Waals surface area contributed by atoms with E-state index in [1.54, 1.807) is 0 Å². The van der Waals surface area contributed by atoms with Crippen molar-refractivity contribution in [3.63, 3.8) is 0 Å². The van der Waals surface area contributed by atoms with Crippen LogP contribution in [0.15, 0.2) is 12.1 Å². The lowest BCUT2D eigenvalue weighted by Crippen LogP contribution is -2.32. The zero-order valence-corrected chi connectivity index (χ0v) is 10.0. The number of ether oxygens (including phenoxy) is 2. The second-order valence-electron chi connectivity index (χ2n) is 4.33. The minimum absolute atomic E-state index is 0.0361. The second kappa shape index (κ2) is 5.00. The summed E-state index contributed by atoms with van der Waals surface area (Å²) >= 11 is 0. The van der Waals surface area contributed by atoms with Crippen molar-refractivity contribution in [1.82, 2.24) is 0 Å². The fraction of sp³-hybridized carbons (Fsp3) is 0.538. The molecule has 0 saturated carbocycles. The largest absolute Gasteiger partial charge is 0.487 e. The van der Waals surface area contributed by atoms with E-state index in [0.717, 1.165) is 18.6 Å². The Morgan fingerprint density at radius 3 is 2.82 bits per heavy atom. The van der Waals surface area contributed by atoms with E-state index in [1.807, 2.05) is 13.8 Å². The second-order valence-corrected chi connectivity index (χ2v) is 4.33. The summed E-state index contributed by atoms with van der Waals surface area (Å²) in [5.41, 5.74) is 0.282. The predicted octanol–water partition coefficient (Wildman–Crippen LogP) is 3.08. The fourth-order valence-corrected chi connectivity index (χ4v) is 1.90. The van der Waals surface area contributed by atoms with E-state index < -0.39 is 11.6 Å². The maximum Gasteiger partial charge on any atom is 0.165 e. The molecule has 17 heavy (non-hydrogen) atoms. The molecule has 0 bridgehead atoms. The van der Waals surface area contributed by atoms with Crippen LogP contribution in [0.2, 0.25) is 0 Å². The molecule has 1 aliphatic heterocycles. The first-order valence-corrected chi connectivity index (χ1v) is 5.87. The van der Waals surface area contributed by atoms with Crippen molar-refractivity contribution in [1.29, 1.82) is 0 Å². The molecule has 1 heterocycles. The van der Waals surface area contributed by atoms with Gasteiger partial charge in [-0.2, -0.15) is 0 Å². The molecule has 1 aromatic carbocycles. The Morgan fingerprint density at radius 2 is 2.12 bits per heavy atom. The molecule has 0 aromatic heterocycles. The zero-order chi connectivity index (χ0) is 12.4. The molecule has 0 spiro atoms. The highest BCUT2D eigenvalue weighted by Gasteiger charge is 2.26. The van der Waals surface area contributed by atoms with E-state index in [-0.39, 0.29) is 30.1 Å². The van der Waals surface area contributed by atoms with Gasteiger partial charge in [0.2, 0.25) is 0 Å². The molecule has 2 nitrogen and oxygen atoms in total. The maximum atomic E-state index is 13.5. The Hall–Kier alpha value is -1.16. The van der Waals surface area contributed by atoms with Crippen LogP contribution < -0.4 is 4.74 Å². The Balaban J connectivity index is 2.15. The molecule has 2 rings (SSSR count). The van der Waals surface area contributed by atoms with Gasteiger partial charge in [-0.05, 0) is 25.5 Å². The quantitative estimate of drug-likeness (QED) is 0.811. The lowest BCUT2D eigenvalue weighted by molar-refractivity contribution is -0.0347. The summed E-state index contributed by atoms with van der Waals surface area (Å²) < 4.78 is 37.8. The first-order valence-electron chi connectivity index (χ1n) is 5.87. The van der Waals surface area contributed by atoms with Crippen LogP contribution in [-0.2, 0) is 11.2 Å². The van der Waals surface area contributed by atoms with Gasteiger partial charge in [-0.25, -0.2) is 8.78 Å². The Morgan fingerprint density at radius 1 is 1.41 bits per heavy atom. The summed E-state index contributed by atoms with van der Waals surface area (Å²) in [5.74, 6) is -0.906. The van der Waals surface area contributed by atoms with Crippen molar-refractivity contribution in [2.24, 2.45) is 0 Å².